The molecule has 0 unspecified atom stereocenters. The molecule has 1 aromatic heterocycles. The van der Waals surface area contributed by atoms with Crippen molar-refractivity contribution >= 4 is 11.6 Å². The van der Waals surface area contributed by atoms with Crippen LogP contribution in [0.4, 0.5) is 11.6 Å². The fraction of sp³-hybridized carbons (Fsp3) is 0.136. The lowest BCUT2D eigenvalue weighted by Gasteiger charge is -2.16. The summed E-state index contributed by atoms with van der Waals surface area (Å²) in [5.74, 6) is 0.948. The van der Waals surface area contributed by atoms with E-state index in [1.54, 1.807) is 0 Å². The predicted molar refractivity (Wildman–Crippen MR) is 107 cm³/mol. The van der Waals surface area contributed by atoms with Gasteiger partial charge in [0.15, 0.2) is 0 Å². The Kier molecular flexibility index (Phi) is 5.67. The molecule has 27 heavy (non-hydrogen) atoms. The van der Waals surface area contributed by atoms with Crippen molar-refractivity contribution in [1.82, 2.24) is 4.98 Å². The van der Waals surface area contributed by atoms with E-state index in [1.807, 2.05) is 67.6 Å². The van der Waals surface area contributed by atoms with Crippen LogP contribution in [0.25, 0.3) is 11.1 Å². The van der Waals surface area contributed by atoms with Crippen LogP contribution in [0.3, 0.4) is 0 Å². The summed E-state index contributed by atoms with van der Waals surface area (Å²) in [6.45, 7) is 3.11. The van der Waals surface area contributed by atoms with E-state index < -0.39 is 0 Å². The number of aromatic nitrogens is 1. The van der Waals surface area contributed by atoms with Crippen LogP contribution >= 0.6 is 0 Å². The van der Waals surface area contributed by atoms with Gasteiger partial charge < -0.3 is 10.6 Å². The molecular formula is C22H19N5. The summed E-state index contributed by atoms with van der Waals surface area (Å²) in [6.07, 6.45) is 0. The molecule has 0 atom stereocenters. The lowest BCUT2D eigenvalue weighted by Crippen LogP contribution is -2.10. The minimum atomic E-state index is 0.371. The van der Waals surface area contributed by atoms with Crippen LogP contribution in [0.15, 0.2) is 60.7 Å². The summed E-state index contributed by atoms with van der Waals surface area (Å²) in [5, 5.41) is 26.0. The Labute approximate surface area is 158 Å². The first-order valence-electron chi connectivity index (χ1n) is 8.73. The summed E-state index contributed by atoms with van der Waals surface area (Å²) in [7, 11) is 0. The predicted octanol–water partition coefficient (Wildman–Crippen LogP) is 4.54. The Morgan fingerprint density at radius 2 is 1.37 bits per heavy atom. The number of benzene rings is 2. The SMILES string of the molecule is CCNc1nc(NCc2ccccc2)c(C#N)c(-c2ccccc2)c1C#N. The second-order valence-electron chi connectivity index (χ2n) is 5.89. The molecule has 1 heterocycles. The second kappa shape index (κ2) is 8.51. The zero-order valence-corrected chi connectivity index (χ0v) is 15.0. The van der Waals surface area contributed by atoms with Crippen LogP contribution in [0.1, 0.15) is 23.6 Å². The summed E-state index contributed by atoms with van der Waals surface area (Å²) < 4.78 is 0. The molecule has 3 aromatic rings. The first-order valence-corrected chi connectivity index (χ1v) is 8.73. The standard InChI is InChI=1S/C22H19N5/c1-2-25-21-18(13-23)20(17-11-7-4-8-12-17)19(14-24)22(27-21)26-15-16-9-5-3-6-10-16/h3-12H,2,15H2,1H3,(H2,25,26,27). The number of hydrogen-bond acceptors (Lipinski definition) is 5. The van der Waals surface area contributed by atoms with Gasteiger partial charge in [0.1, 0.15) is 34.9 Å². The molecule has 0 radical (unpaired) electrons. The number of pyridine rings is 1. The van der Waals surface area contributed by atoms with Gasteiger partial charge in [-0.3, -0.25) is 0 Å². The van der Waals surface area contributed by atoms with Crippen LogP contribution < -0.4 is 10.6 Å². The maximum Gasteiger partial charge on any atom is 0.147 e. The molecule has 0 saturated heterocycles. The topological polar surface area (TPSA) is 84.5 Å². The van der Waals surface area contributed by atoms with Crippen LogP contribution in [-0.4, -0.2) is 11.5 Å². The van der Waals surface area contributed by atoms with Crippen molar-refractivity contribution in [2.24, 2.45) is 0 Å². The zero-order valence-electron chi connectivity index (χ0n) is 15.0. The first-order chi connectivity index (χ1) is 13.3. The average Bonchev–Trinajstić information content (AvgIpc) is 2.73. The molecular weight excluding hydrogens is 334 g/mol. The van der Waals surface area contributed by atoms with Crippen LogP contribution in [0.2, 0.25) is 0 Å². The molecule has 5 nitrogen and oxygen atoms in total. The van der Waals surface area contributed by atoms with Crippen LogP contribution in [0.5, 0.6) is 0 Å². The number of nitrogens with one attached hydrogen (secondary N) is 2. The van der Waals surface area contributed by atoms with Crippen molar-refractivity contribution < 1.29 is 0 Å². The van der Waals surface area contributed by atoms with Gasteiger partial charge in [0, 0.05) is 18.7 Å². The minimum absolute atomic E-state index is 0.371. The minimum Gasteiger partial charge on any atom is -0.369 e. The van der Waals surface area contributed by atoms with Gasteiger partial charge in [-0.2, -0.15) is 10.5 Å². The van der Waals surface area contributed by atoms with Crippen molar-refractivity contribution in [3.8, 4) is 23.3 Å². The van der Waals surface area contributed by atoms with Crippen molar-refractivity contribution in [2.45, 2.75) is 13.5 Å². The highest BCUT2D eigenvalue weighted by Gasteiger charge is 2.21. The summed E-state index contributed by atoms with van der Waals surface area (Å²) >= 11 is 0. The van der Waals surface area contributed by atoms with Crippen molar-refractivity contribution in [3.63, 3.8) is 0 Å². The highest BCUT2D eigenvalue weighted by molar-refractivity contribution is 5.85. The quantitative estimate of drug-likeness (QED) is 0.680. The number of nitriles is 2. The van der Waals surface area contributed by atoms with E-state index in [4.69, 9.17) is 0 Å². The van der Waals surface area contributed by atoms with Gasteiger partial charge in [-0.15, -0.1) is 0 Å². The molecule has 0 bridgehead atoms. The second-order valence-corrected chi connectivity index (χ2v) is 5.89. The van der Waals surface area contributed by atoms with E-state index in [-0.39, 0.29) is 0 Å². The van der Waals surface area contributed by atoms with Gasteiger partial charge in [-0.05, 0) is 18.1 Å². The van der Waals surface area contributed by atoms with Gasteiger partial charge in [-0.1, -0.05) is 60.7 Å². The van der Waals surface area contributed by atoms with E-state index in [1.165, 1.54) is 0 Å². The molecule has 5 heteroatoms. The van der Waals surface area contributed by atoms with Crippen molar-refractivity contribution in [1.29, 1.82) is 10.5 Å². The van der Waals surface area contributed by atoms with E-state index in [2.05, 4.69) is 27.8 Å². The van der Waals surface area contributed by atoms with Crippen molar-refractivity contribution in [2.75, 3.05) is 17.2 Å². The molecule has 0 aliphatic carbocycles. The maximum atomic E-state index is 9.84. The molecule has 0 aliphatic heterocycles. The Bertz CT molecular complexity index is 999. The van der Waals surface area contributed by atoms with E-state index in [0.29, 0.717) is 41.4 Å². The average molecular weight is 353 g/mol. The molecule has 3 rings (SSSR count). The normalized spacial score (nSPS) is 9.89. The summed E-state index contributed by atoms with van der Waals surface area (Å²) in [4.78, 5) is 4.54. The first kappa shape index (κ1) is 18.0. The van der Waals surface area contributed by atoms with Crippen LogP contribution in [-0.2, 0) is 6.54 Å². The number of hydrogen-bond donors (Lipinski definition) is 2. The number of rotatable bonds is 6. The molecule has 0 aliphatic rings. The molecule has 0 amide bonds. The molecule has 0 saturated carbocycles. The highest BCUT2D eigenvalue weighted by atomic mass is 15.1. The smallest absolute Gasteiger partial charge is 0.147 e. The number of nitrogens with zero attached hydrogens (tertiary/aromatic N) is 3. The lowest BCUT2D eigenvalue weighted by atomic mass is 9.96. The van der Waals surface area contributed by atoms with Gasteiger partial charge in [0.2, 0.25) is 0 Å². The summed E-state index contributed by atoms with van der Waals surface area (Å²) in [5.41, 5.74) is 3.25. The summed E-state index contributed by atoms with van der Waals surface area (Å²) in [6, 6.07) is 23.8. The Morgan fingerprint density at radius 3 is 1.93 bits per heavy atom. The molecule has 132 valence electrons. The van der Waals surface area contributed by atoms with Gasteiger partial charge in [-0.25, -0.2) is 4.98 Å². The fourth-order valence-electron chi connectivity index (χ4n) is 2.90. The monoisotopic (exact) mass is 353 g/mol. The van der Waals surface area contributed by atoms with E-state index in [9.17, 15) is 10.5 Å². The largest absolute Gasteiger partial charge is 0.369 e. The third-order valence-electron chi connectivity index (χ3n) is 4.13. The van der Waals surface area contributed by atoms with E-state index >= 15 is 0 Å². The van der Waals surface area contributed by atoms with E-state index in [0.717, 1.165) is 11.1 Å². The third kappa shape index (κ3) is 3.89. The number of anilines is 2. The Hall–Kier alpha value is -3.83. The highest BCUT2D eigenvalue weighted by Crippen LogP contribution is 2.35. The van der Waals surface area contributed by atoms with Gasteiger partial charge >= 0.3 is 0 Å². The van der Waals surface area contributed by atoms with Gasteiger partial charge in [0.05, 0.1) is 0 Å². The van der Waals surface area contributed by atoms with Gasteiger partial charge in [0.25, 0.3) is 0 Å². The maximum absolute atomic E-state index is 9.84. The molecule has 0 spiro atoms. The zero-order chi connectivity index (χ0) is 19.1. The molecule has 0 fully saturated rings. The molecule has 2 aromatic carbocycles. The molecule has 2 N–H and O–H groups in total. The third-order valence-corrected chi connectivity index (χ3v) is 4.13. The lowest BCUT2D eigenvalue weighted by molar-refractivity contribution is 1.09. The Morgan fingerprint density at radius 1 is 0.815 bits per heavy atom. The van der Waals surface area contributed by atoms with Crippen molar-refractivity contribution in [3.05, 3.63) is 77.4 Å². The van der Waals surface area contributed by atoms with Crippen LogP contribution in [0, 0.1) is 22.7 Å². The fourth-order valence-corrected chi connectivity index (χ4v) is 2.90. The Balaban J connectivity index is 2.14.